The van der Waals surface area contributed by atoms with E-state index in [-0.39, 0.29) is 22.4 Å². The van der Waals surface area contributed by atoms with Gasteiger partial charge in [0.15, 0.2) is 0 Å². The number of carbonyl (C=O) groups is 1. The van der Waals surface area contributed by atoms with E-state index in [1.54, 1.807) is 36.7 Å². The lowest BCUT2D eigenvalue weighted by Gasteiger charge is -2.15. The molecule has 6 nitrogen and oxygen atoms in total. The highest BCUT2D eigenvalue weighted by Crippen LogP contribution is 2.19. The lowest BCUT2D eigenvalue weighted by Crippen LogP contribution is -2.27. The maximum atomic E-state index is 12.8. The van der Waals surface area contributed by atoms with Crippen LogP contribution in [0.4, 0.5) is 5.69 Å². The average molecular weight is 438 g/mol. The molecule has 2 N–H and O–H groups in total. The van der Waals surface area contributed by atoms with E-state index >= 15 is 0 Å². The second kappa shape index (κ2) is 10.2. The van der Waals surface area contributed by atoms with Crippen LogP contribution in [0.25, 0.3) is 0 Å². The largest absolute Gasteiger partial charge is 0.346 e. The monoisotopic (exact) mass is 437 g/mol. The highest BCUT2D eigenvalue weighted by Gasteiger charge is 2.18. The molecule has 0 aliphatic heterocycles. The topological polar surface area (TPSA) is 88.2 Å². The Morgan fingerprint density at radius 2 is 1.74 bits per heavy atom. The van der Waals surface area contributed by atoms with Crippen LogP contribution in [0.1, 0.15) is 54.2 Å². The van der Waals surface area contributed by atoms with Crippen molar-refractivity contribution in [2.45, 2.75) is 44.0 Å². The van der Waals surface area contributed by atoms with Crippen LogP contribution in [0, 0.1) is 0 Å². The summed E-state index contributed by atoms with van der Waals surface area (Å²) >= 11 is 0. The van der Waals surface area contributed by atoms with Gasteiger partial charge >= 0.3 is 0 Å². The first kappa shape index (κ1) is 22.5. The smallest absolute Gasteiger partial charge is 0.261 e. The van der Waals surface area contributed by atoms with Gasteiger partial charge in [0.05, 0.1) is 10.9 Å². The summed E-state index contributed by atoms with van der Waals surface area (Å²) in [6.45, 7) is 4.00. The van der Waals surface area contributed by atoms with Crippen LogP contribution in [-0.4, -0.2) is 19.3 Å². The zero-order valence-electron chi connectivity index (χ0n) is 17.7. The van der Waals surface area contributed by atoms with E-state index in [1.165, 1.54) is 17.7 Å². The number of anilines is 1. The van der Waals surface area contributed by atoms with Crippen molar-refractivity contribution in [3.8, 4) is 0 Å². The van der Waals surface area contributed by atoms with Crippen LogP contribution < -0.4 is 10.0 Å². The van der Waals surface area contributed by atoms with Gasteiger partial charge in [-0.2, -0.15) is 0 Å². The predicted octanol–water partition coefficient (Wildman–Crippen LogP) is 4.72. The number of aryl methyl sites for hydroxylation is 1. The molecular weight excluding hydrogens is 410 g/mol. The first-order chi connectivity index (χ1) is 14.9. The van der Waals surface area contributed by atoms with Crippen molar-refractivity contribution in [3.05, 3.63) is 89.7 Å². The maximum absolute atomic E-state index is 12.8. The second-order valence-electron chi connectivity index (χ2n) is 7.41. The molecule has 0 saturated heterocycles. The number of nitrogens with one attached hydrogen (secondary N) is 2. The highest BCUT2D eigenvalue weighted by molar-refractivity contribution is 7.92. The zero-order chi connectivity index (χ0) is 22.3. The Morgan fingerprint density at radius 3 is 2.42 bits per heavy atom. The first-order valence-electron chi connectivity index (χ1n) is 10.3. The fourth-order valence-corrected chi connectivity index (χ4v) is 4.26. The van der Waals surface area contributed by atoms with Gasteiger partial charge in [0.1, 0.15) is 0 Å². The number of sulfonamides is 1. The number of amides is 1. The fraction of sp³-hybridized carbons (Fsp3) is 0.250. The fourth-order valence-electron chi connectivity index (χ4n) is 3.15. The third-order valence-electron chi connectivity index (χ3n) is 4.99. The third kappa shape index (κ3) is 6.15. The molecule has 162 valence electrons. The van der Waals surface area contributed by atoms with Gasteiger partial charge in [0, 0.05) is 23.6 Å². The van der Waals surface area contributed by atoms with Gasteiger partial charge < -0.3 is 5.32 Å². The second-order valence-corrected chi connectivity index (χ2v) is 9.09. The number of carbonyl (C=O) groups excluding carboxylic acids is 1. The van der Waals surface area contributed by atoms with E-state index in [9.17, 15) is 13.2 Å². The Morgan fingerprint density at radius 1 is 1.03 bits per heavy atom. The van der Waals surface area contributed by atoms with E-state index < -0.39 is 10.0 Å². The highest BCUT2D eigenvalue weighted by atomic mass is 32.2. The minimum absolute atomic E-state index is 0.0340. The van der Waals surface area contributed by atoms with Gasteiger partial charge in [-0.1, -0.05) is 31.5 Å². The minimum atomic E-state index is -3.82. The van der Waals surface area contributed by atoms with Crippen molar-refractivity contribution < 1.29 is 13.2 Å². The zero-order valence-corrected chi connectivity index (χ0v) is 18.5. The number of hydrogen-bond donors (Lipinski definition) is 2. The summed E-state index contributed by atoms with van der Waals surface area (Å²) in [6.07, 6.45) is 6.50. The summed E-state index contributed by atoms with van der Waals surface area (Å²) in [5, 5.41) is 2.88. The Balaban J connectivity index is 1.71. The molecule has 0 spiro atoms. The van der Waals surface area contributed by atoms with Crippen LogP contribution in [-0.2, 0) is 16.4 Å². The SMILES string of the molecule is CCCCc1ccc(NS(=O)(=O)c2cccc(C(=O)NC(C)c3ccncc3)c2)cc1. The van der Waals surface area contributed by atoms with E-state index in [0.29, 0.717) is 5.69 Å². The average Bonchev–Trinajstić information content (AvgIpc) is 2.79. The van der Waals surface area contributed by atoms with Crippen molar-refractivity contribution in [3.63, 3.8) is 0 Å². The van der Waals surface area contributed by atoms with E-state index in [1.807, 2.05) is 31.2 Å². The van der Waals surface area contributed by atoms with E-state index in [2.05, 4.69) is 21.9 Å². The number of benzene rings is 2. The molecule has 0 aliphatic rings. The van der Waals surface area contributed by atoms with Gasteiger partial charge in [-0.25, -0.2) is 8.42 Å². The van der Waals surface area contributed by atoms with Crippen LogP contribution in [0.3, 0.4) is 0 Å². The van der Waals surface area contributed by atoms with Crippen molar-refractivity contribution in [2.75, 3.05) is 4.72 Å². The number of rotatable bonds is 9. The molecule has 3 aromatic rings. The molecule has 0 radical (unpaired) electrons. The number of hydrogen-bond acceptors (Lipinski definition) is 4. The van der Waals surface area contributed by atoms with Crippen LogP contribution in [0.2, 0.25) is 0 Å². The Labute approximate surface area is 183 Å². The minimum Gasteiger partial charge on any atom is -0.346 e. The van der Waals surface area contributed by atoms with E-state index in [0.717, 1.165) is 24.8 Å². The van der Waals surface area contributed by atoms with Crippen molar-refractivity contribution in [2.24, 2.45) is 0 Å². The lowest BCUT2D eigenvalue weighted by atomic mass is 10.1. The molecule has 2 aromatic carbocycles. The predicted molar refractivity (Wildman–Crippen MR) is 122 cm³/mol. The lowest BCUT2D eigenvalue weighted by molar-refractivity contribution is 0.0939. The van der Waals surface area contributed by atoms with Gasteiger partial charge in [0.2, 0.25) is 0 Å². The molecule has 1 atom stereocenters. The molecular formula is C24H27N3O3S. The molecule has 1 unspecified atom stereocenters. The number of nitrogens with zero attached hydrogens (tertiary/aromatic N) is 1. The number of aromatic nitrogens is 1. The molecule has 0 bridgehead atoms. The van der Waals surface area contributed by atoms with E-state index in [4.69, 9.17) is 0 Å². The molecule has 0 fully saturated rings. The van der Waals surface area contributed by atoms with Crippen molar-refractivity contribution >= 4 is 21.6 Å². The molecule has 1 amide bonds. The van der Waals surface area contributed by atoms with Crippen LogP contribution in [0.15, 0.2) is 78.0 Å². The van der Waals surface area contributed by atoms with Crippen molar-refractivity contribution in [1.29, 1.82) is 0 Å². The van der Waals surface area contributed by atoms with Gasteiger partial charge in [-0.05, 0) is 73.4 Å². The molecule has 0 aliphatic carbocycles. The summed E-state index contributed by atoms with van der Waals surface area (Å²) in [5.41, 5.74) is 2.85. The van der Waals surface area contributed by atoms with Crippen molar-refractivity contribution in [1.82, 2.24) is 10.3 Å². The van der Waals surface area contributed by atoms with Gasteiger partial charge in [-0.3, -0.25) is 14.5 Å². The van der Waals surface area contributed by atoms with Crippen LogP contribution in [0.5, 0.6) is 0 Å². The standard InChI is InChI=1S/C24H27N3O3S/c1-3-4-6-19-9-11-22(12-10-19)27-31(29,30)23-8-5-7-21(17-23)24(28)26-18(2)20-13-15-25-16-14-20/h5,7-18,27H,3-4,6H2,1-2H3,(H,26,28). The molecule has 1 heterocycles. The number of unbranched alkanes of at least 4 members (excludes halogenated alkanes) is 1. The Hall–Kier alpha value is -3.19. The third-order valence-corrected chi connectivity index (χ3v) is 6.36. The summed E-state index contributed by atoms with van der Waals surface area (Å²) < 4.78 is 28.2. The normalized spacial score (nSPS) is 12.2. The molecule has 0 saturated carbocycles. The molecule has 7 heteroatoms. The summed E-state index contributed by atoms with van der Waals surface area (Å²) in [6, 6.07) is 16.8. The Kier molecular flexibility index (Phi) is 7.41. The quantitative estimate of drug-likeness (QED) is 0.507. The van der Waals surface area contributed by atoms with Gasteiger partial charge in [0.25, 0.3) is 15.9 Å². The number of pyridine rings is 1. The molecule has 1 aromatic heterocycles. The summed E-state index contributed by atoms with van der Waals surface area (Å²) in [4.78, 5) is 16.7. The first-order valence-corrected chi connectivity index (χ1v) is 11.8. The maximum Gasteiger partial charge on any atom is 0.261 e. The Bertz CT molecular complexity index is 1110. The van der Waals surface area contributed by atoms with Crippen LogP contribution >= 0.6 is 0 Å². The molecule has 31 heavy (non-hydrogen) atoms. The summed E-state index contributed by atoms with van der Waals surface area (Å²) in [7, 11) is -3.82. The molecule has 3 rings (SSSR count). The summed E-state index contributed by atoms with van der Waals surface area (Å²) in [5.74, 6) is -0.346. The van der Waals surface area contributed by atoms with Gasteiger partial charge in [-0.15, -0.1) is 0 Å².